The van der Waals surface area contributed by atoms with E-state index < -0.39 is 0 Å². The Morgan fingerprint density at radius 2 is 1.80 bits per heavy atom. The Hall–Kier alpha value is -4.03. The number of hydrogen-bond donors (Lipinski definition) is 2. The minimum Gasteiger partial charge on any atom is -0.324 e. The molecule has 5 nitrogen and oxygen atoms in total. The molecule has 0 fully saturated rings. The minimum absolute atomic E-state index is 0.0892. The molecule has 1 aliphatic carbocycles. The van der Waals surface area contributed by atoms with Crippen LogP contribution in [0.15, 0.2) is 77.6 Å². The maximum Gasteiger partial charge on any atom is 0.256 e. The summed E-state index contributed by atoms with van der Waals surface area (Å²) in [6, 6.07) is 20.1. The number of aromatic nitrogens is 1. The Balaban J connectivity index is 1.21. The van der Waals surface area contributed by atoms with Crippen molar-refractivity contribution in [3.63, 3.8) is 0 Å². The van der Waals surface area contributed by atoms with Gasteiger partial charge >= 0.3 is 0 Å². The number of nitrogens with zero attached hydrogens (tertiary/aromatic N) is 1. The van der Waals surface area contributed by atoms with Crippen LogP contribution >= 0.6 is 0 Å². The standard InChI is InChI=1S/C29H24FN3O2/c30-21-10-8-18(9-11-21)19-12-14-33(15-13-19)17-26(34)31-25-7-3-4-20-16-24-22-5-1-2-6-23(22)29(35)32-28(24)27(20)25/h1-12H,13-17H2,(H,31,34)(H,32,35). The van der Waals surface area contributed by atoms with Crippen molar-refractivity contribution in [3.05, 3.63) is 106 Å². The van der Waals surface area contributed by atoms with E-state index in [1.165, 1.54) is 17.7 Å². The fraction of sp³-hybridized carbons (Fsp3) is 0.172. The lowest BCUT2D eigenvalue weighted by molar-refractivity contribution is -0.117. The van der Waals surface area contributed by atoms with Gasteiger partial charge in [-0.2, -0.15) is 0 Å². The zero-order chi connectivity index (χ0) is 23.9. The van der Waals surface area contributed by atoms with Crippen LogP contribution in [-0.2, 0) is 11.2 Å². The van der Waals surface area contributed by atoms with E-state index in [-0.39, 0.29) is 23.8 Å². The van der Waals surface area contributed by atoms with Crippen molar-refractivity contribution in [3.8, 4) is 11.3 Å². The molecule has 1 aliphatic heterocycles. The Morgan fingerprint density at radius 1 is 1.00 bits per heavy atom. The van der Waals surface area contributed by atoms with Crippen molar-refractivity contribution < 1.29 is 9.18 Å². The van der Waals surface area contributed by atoms with Crippen LogP contribution in [0.2, 0.25) is 0 Å². The number of halogens is 1. The molecular weight excluding hydrogens is 441 g/mol. The number of carbonyl (C=O) groups excluding carboxylic acids is 1. The fourth-order valence-corrected chi connectivity index (χ4v) is 5.24. The van der Waals surface area contributed by atoms with Gasteiger partial charge in [-0.25, -0.2) is 4.39 Å². The molecule has 2 heterocycles. The summed E-state index contributed by atoms with van der Waals surface area (Å²) in [4.78, 5) is 30.8. The second-order valence-corrected chi connectivity index (χ2v) is 9.14. The monoisotopic (exact) mass is 465 g/mol. The lowest BCUT2D eigenvalue weighted by Crippen LogP contribution is -2.36. The number of pyridine rings is 1. The summed E-state index contributed by atoms with van der Waals surface area (Å²) >= 11 is 0. The van der Waals surface area contributed by atoms with Crippen LogP contribution in [-0.4, -0.2) is 35.4 Å². The first-order valence-corrected chi connectivity index (χ1v) is 11.8. The predicted octanol–water partition coefficient (Wildman–Crippen LogP) is 4.97. The number of hydrogen-bond acceptors (Lipinski definition) is 3. The second-order valence-electron chi connectivity index (χ2n) is 9.14. The quantitative estimate of drug-likeness (QED) is 0.394. The van der Waals surface area contributed by atoms with Gasteiger partial charge in [-0.15, -0.1) is 0 Å². The van der Waals surface area contributed by atoms with Crippen molar-refractivity contribution in [1.82, 2.24) is 9.88 Å². The summed E-state index contributed by atoms with van der Waals surface area (Å²) in [7, 11) is 0. The third kappa shape index (κ3) is 3.96. The van der Waals surface area contributed by atoms with Gasteiger partial charge in [0.05, 0.1) is 17.9 Å². The highest BCUT2D eigenvalue weighted by atomic mass is 19.1. The average molecular weight is 466 g/mol. The molecule has 1 aromatic heterocycles. The number of rotatable bonds is 4. The molecule has 0 saturated heterocycles. The van der Waals surface area contributed by atoms with Crippen LogP contribution in [0, 0.1) is 5.82 Å². The largest absolute Gasteiger partial charge is 0.324 e. The van der Waals surface area contributed by atoms with Crippen LogP contribution in [0.3, 0.4) is 0 Å². The van der Waals surface area contributed by atoms with Crippen molar-refractivity contribution in [1.29, 1.82) is 0 Å². The highest BCUT2D eigenvalue weighted by Gasteiger charge is 2.26. The Morgan fingerprint density at radius 3 is 2.57 bits per heavy atom. The smallest absolute Gasteiger partial charge is 0.256 e. The lowest BCUT2D eigenvalue weighted by atomic mass is 9.99. The van der Waals surface area contributed by atoms with E-state index in [1.54, 1.807) is 12.1 Å². The van der Waals surface area contributed by atoms with Crippen LogP contribution in [0.4, 0.5) is 10.1 Å². The van der Waals surface area contributed by atoms with E-state index in [2.05, 4.69) is 21.3 Å². The summed E-state index contributed by atoms with van der Waals surface area (Å²) < 4.78 is 13.2. The van der Waals surface area contributed by atoms with Gasteiger partial charge in [-0.3, -0.25) is 14.5 Å². The fourth-order valence-electron chi connectivity index (χ4n) is 5.24. The normalized spacial score (nSPS) is 14.9. The van der Waals surface area contributed by atoms with Gasteiger partial charge in [-0.1, -0.05) is 48.5 Å². The number of fused-ring (bicyclic) bond motifs is 5. The summed E-state index contributed by atoms with van der Waals surface area (Å²) in [5, 5.41) is 4.72. The van der Waals surface area contributed by atoms with Gasteiger partial charge in [-0.05, 0) is 58.3 Å². The minimum atomic E-state index is -0.240. The molecule has 0 atom stereocenters. The number of carbonyl (C=O) groups is 1. The zero-order valence-electron chi connectivity index (χ0n) is 19.1. The molecular formula is C29H24FN3O2. The van der Waals surface area contributed by atoms with Gasteiger partial charge in [0.2, 0.25) is 5.91 Å². The molecule has 0 spiro atoms. The number of anilines is 1. The van der Waals surface area contributed by atoms with Gasteiger partial charge in [0.1, 0.15) is 5.82 Å². The molecule has 0 bridgehead atoms. The summed E-state index contributed by atoms with van der Waals surface area (Å²) in [5.41, 5.74) is 6.68. The van der Waals surface area contributed by atoms with Crippen LogP contribution in [0.1, 0.15) is 23.1 Å². The zero-order valence-corrected chi connectivity index (χ0v) is 19.1. The first kappa shape index (κ1) is 21.5. The van der Waals surface area contributed by atoms with Crippen molar-refractivity contribution in [2.24, 2.45) is 0 Å². The molecule has 0 radical (unpaired) electrons. The first-order valence-electron chi connectivity index (χ1n) is 11.8. The van der Waals surface area contributed by atoms with Crippen LogP contribution in [0.25, 0.3) is 27.6 Å². The molecule has 1 amide bonds. The van der Waals surface area contributed by atoms with E-state index in [4.69, 9.17) is 0 Å². The highest BCUT2D eigenvalue weighted by Crippen LogP contribution is 2.42. The van der Waals surface area contributed by atoms with Crippen molar-refractivity contribution in [2.75, 3.05) is 25.0 Å². The molecule has 2 N–H and O–H groups in total. The highest BCUT2D eigenvalue weighted by molar-refractivity contribution is 6.01. The molecule has 6 heteroatoms. The maximum absolute atomic E-state index is 13.2. The number of aromatic amines is 1. The maximum atomic E-state index is 13.2. The van der Waals surface area contributed by atoms with Crippen LogP contribution < -0.4 is 10.9 Å². The van der Waals surface area contributed by atoms with E-state index >= 15 is 0 Å². The Bertz CT molecular complexity index is 1550. The second kappa shape index (κ2) is 8.64. The van der Waals surface area contributed by atoms with E-state index in [1.807, 2.05) is 42.5 Å². The summed E-state index contributed by atoms with van der Waals surface area (Å²) in [5.74, 6) is -0.329. The third-order valence-corrected chi connectivity index (χ3v) is 6.95. The SMILES string of the molecule is O=C(CN1CC=C(c2ccc(F)cc2)CC1)Nc1cccc2c1-c1[nH]c(=O)c3ccccc3c1C2. The average Bonchev–Trinajstić information content (AvgIpc) is 3.25. The van der Waals surface area contributed by atoms with E-state index in [0.29, 0.717) is 11.9 Å². The van der Waals surface area contributed by atoms with Crippen molar-refractivity contribution >= 4 is 27.9 Å². The summed E-state index contributed by atoms with van der Waals surface area (Å²) in [6.45, 7) is 1.69. The molecule has 35 heavy (non-hydrogen) atoms. The number of benzene rings is 3. The van der Waals surface area contributed by atoms with E-state index in [0.717, 1.165) is 58.4 Å². The molecule has 174 valence electrons. The number of nitrogens with one attached hydrogen (secondary N) is 2. The van der Waals surface area contributed by atoms with E-state index in [9.17, 15) is 14.0 Å². The molecule has 0 saturated carbocycles. The number of H-pyrrole nitrogens is 1. The Kier molecular flexibility index (Phi) is 5.30. The topological polar surface area (TPSA) is 65.2 Å². The van der Waals surface area contributed by atoms with Gasteiger partial charge in [0.15, 0.2) is 0 Å². The molecule has 2 aliphatic rings. The predicted molar refractivity (Wildman–Crippen MR) is 137 cm³/mol. The Labute approximate surface area is 201 Å². The van der Waals surface area contributed by atoms with Crippen LogP contribution in [0.5, 0.6) is 0 Å². The van der Waals surface area contributed by atoms with Gasteiger partial charge < -0.3 is 10.3 Å². The first-order chi connectivity index (χ1) is 17.1. The molecule has 0 unspecified atom stereocenters. The molecule has 3 aromatic carbocycles. The lowest BCUT2D eigenvalue weighted by Gasteiger charge is -2.26. The molecule has 4 aromatic rings. The molecule has 6 rings (SSSR count). The summed E-state index contributed by atoms with van der Waals surface area (Å²) in [6.07, 6.45) is 3.63. The van der Waals surface area contributed by atoms with Gasteiger partial charge in [0, 0.05) is 30.5 Å². The number of amides is 1. The van der Waals surface area contributed by atoms with Gasteiger partial charge in [0.25, 0.3) is 5.56 Å². The third-order valence-electron chi connectivity index (χ3n) is 6.95. The van der Waals surface area contributed by atoms with Crippen molar-refractivity contribution in [2.45, 2.75) is 12.8 Å².